The number of amides is 1. The normalized spacial score (nSPS) is 20.4. The minimum atomic E-state index is -3.94. The van der Waals surface area contributed by atoms with Gasteiger partial charge < -0.3 is 4.90 Å². The van der Waals surface area contributed by atoms with Gasteiger partial charge in [0.15, 0.2) is 5.17 Å². The van der Waals surface area contributed by atoms with Crippen LogP contribution in [0.25, 0.3) is 0 Å². The molecule has 2 aromatic rings. The molecule has 0 N–H and O–H groups in total. The van der Waals surface area contributed by atoms with E-state index in [4.69, 9.17) is 0 Å². The summed E-state index contributed by atoms with van der Waals surface area (Å²) < 4.78 is 29.4. The van der Waals surface area contributed by atoms with Crippen molar-refractivity contribution in [3.63, 3.8) is 0 Å². The topological polar surface area (TPSA) is 70.1 Å². The number of hydrogen-bond acceptors (Lipinski definition) is 6. The van der Waals surface area contributed by atoms with E-state index in [-0.39, 0.29) is 22.5 Å². The lowest BCUT2D eigenvalue weighted by atomic mass is 10.3. The Kier molecular flexibility index (Phi) is 5.28. The summed E-state index contributed by atoms with van der Waals surface area (Å²) in [5.41, 5.74) is 1.01. The lowest BCUT2D eigenvalue weighted by Crippen LogP contribution is -2.30. The van der Waals surface area contributed by atoms with E-state index in [0.29, 0.717) is 4.91 Å². The van der Waals surface area contributed by atoms with Gasteiger partial charge in [0.05, 0.1) is 15.6 Å². The number of para-hydroxylation sites is 1. The third-order valence-corrected chi connectivity index (χ3v) is 8.18. The number of benzene rings is 2. The summed E-state index contributed by atoms with van der Waals surface area (Å²) in [4.78, 5) is 18.0. The molecule has 9 heteroatoms. The third-order valence-electron chi connectivity index (χ3n) is 4.35. The number of hydrogen-bond donors (Lipinski definition) is 0. The second kappa shape index (κ2) is 7.74. The molecule has 1 fully saturated rings. The molecule has 0 bridgehead atoms. The van der Waals surface area contributed by atoms with Crippen molar-refractivity contribution < 1.29 is 13.2 Å². The molecule has 2 heterocycles. The summed E-state index contributed by atoms with van der Waals surface area (Å²) in [6.07, 6.45) is 1.55. The molecule has 1 saturated heterocycles. The van der Waals surface area contributed by atoms with Crippen LogP contribution < -0.4 is 4.90 Å². The average molecular weight is 444 g/mol. The fourth-order valence-electron chi connectivity index (χ4n) is 2.94. The Balaban J connectivity index is 1.76. The van der Waals surface area contributed by atoms with E-state index >= 15 is 0 Å². The number of sulfonamides is 1. The Morgan fingerprint density at radius 2 is 1.76 bits per heavy atom. The van der Waals surface area contributed by atoms with Gasteiger partial charge in [-0.1, -0.05) is 48.2 Å². The highest BCUT2D eigenvalue weighted by Crippen LogP contribution is 2.49. The first-order valence-corrected chi connectivity index (χ1v) is 11.7. The van der Waals surface area contributed by atoms with Crippen LogP contribution in [0.4, 0.5) is 5.69 Å². The zero-order valence-corrected chi connectivity index (χ0v) is 17.9. The number of carbonyl (C=O) groups excluding carboxylic acids is 1. The van der Waals surface area contributed by atoms with Gasteiger partial charge in [-0.25, -0.2) is 0 Å². The lowest BCUT2D eigenvalue weighted by Gasteiger charge is -2.15. The molecule has 0 radical (unpaired) electrons. The van der Waals surface area contributed by atoms with E-state index in [1.807, 2.05) is 36.2 Å². The summed E-state index contributed by atoms with van der Waals surface area (Å²) in [5, 5.41) is 0.892. The van der Waals surface area contributed by atoms with Gasteiger partial charge in [-0.2, -0.15) is 8.42 Å². The lowest BCUT2D eigenvalue weighted by molar-refractivity contribution is -0.121. The molecule has 2 aliphatic heterocycles. The molecule has 2 aromatic carbocycles. The van der Waals surface area contributed by atoms with Crippen molar-refractivity contribution in [3.8, 4) is 0 Å². The maximum atomic E-state index is 13.1. The Bertz CT molecular complexity index is 1160. The molecule has 1 amide bonds. The molecule has 0 spiro atoms. The van der Waals surface area contributed by atoms with E-state index in [2.05, 4.69) is 11.0 Å². The van der Waals surface area contributed by atoms with Crippen molar-refractivity contribution in [2.45, 2.75) is 9.79 Å². The molecule has 0 unspecified atom stereocenters. The highest BCUT2D eigenvalue weighted by atomic mass is 32.2. The highest BCUT2D eigenvalue weighted by molar-refractivity contribution is 8.19. The van der Waals surface area contributed by atoms with E-state index in [1.165, 1.54) is 28.8 Å². The summed E-state index contributed by atoms with van der Waals surface area (Å²) in [7, 11) is -2.04. The molecular weight excluding hydrogens is 426 g/mol. The van der Waals surface area contributed by atoms with Crippen LogP contribution >= 0.6 is 23.5 Å². The first-order chi connectivity index (χ1) is 13.9. The van der Waals surface area contributed by atoms with Gasteiger partial charge >= 0.3 is 0 Å². The predicted molar refractivity (Wildman–Crippen MR) is 118 cm³/mol. The zero-order chi connectivity index (χ0) is 20.6. The molecule has 148 valence electrons. The largest absolute Gasteiger partial charge is 0.337 e. The number of rotatable bonds is 4. The SMILES string of the molecule is C=CCN1C(=O)C(=C2Sc3ccccc3N2C)SC1=NS(=O)(=O)c1ccccc1. The Morgan fingerprint density at radius 1 is 1.07 bits per heavy atom. The number of amidine groups is 1. The zero-order valence-electron chi connectivity index (χ0n) is 15.5. The minimum absolute atomic E-state index is 0.0833. The molecule has 0 atom stereocenters. The number of nitrogens with zero attached hydrogens (tertiary/aromatic N) is 3. The number of fused-ring (bicyclic) bond motifs is 1. The van der Waals surface area contributed by atoms with Gasteiger partial charge in [-0.15, -0.1) is 11.0 Å². The fraction of sp³-hybridized carbons (Fsp3) is 0.100. The van der Waals surface area contributed by atoms with Gasteiger partial charge in [0.25, 0.3) is 15.9 Å². The summed E-state index contributed by atoms with van der Waals surface area (Å²) in [6.45, 7) is 3.85. The van der Waals surface area contributed by atoms with Crippen LogP contribution in [0.15, 0.2) is 91.4 Å². The van der Waals surface area contributed by atoms with E-state index in [9.17, 15) is 13.2 Å². The average Bonchev–Trinajstić information content (AvgIpc) is 3.20. The van der Waals surface area contributed by atoms with E-state index < -0.39 is 10.0 Å². The van der Waals surface area contributed by atoms with Crippen LogP contribution in [-0.4, -0.2) is 38.0 Å². The number of thioether (sulfide) groups is 2. The molecule has 2 aliphatic rings. The third kappa shape index (κ3) is 3.61. The Morgan fingerprint density at radius 3 is 2.45 bits per heavy atom. The number of anilines is 1. The van der Waals surface area contributed by atoms with Crippen molar-refractivity contribution in [1.29, 1.82) is 0 Å². The first-order valence-electron chi connectivity index (χ1n) is 8.68. The van der Waals surface area contributed by atoms with Crippen LogP contribution in [-0.2, 0) is 14.8 Å². The van der Waals surface area contributed by atoms with Gasteiger partial charge in [0.1, 0.15) is 4.91 Å². The second-order valence-electron chi connectivity index (χ2n) is 6.23. The summed E-state index contributed by atoms with van der Waals surface area (Å²) in [5.74, 6) is -0.279. The molecule has 29 heavy (non-hydrogen) atoms. The summed E-state index contributed by atoms with van der Waals surface area (Å²) in [6, 6.07) is 15.8. The molecule has 0 saturated carbocycles. The molecule has 0 aromatic heterocycles. The van der Waals surface area contributed by atoms with Crippen LogP contribution in [0.2, 0.25) is 0 Å². The van der Waals surface area contributed by atoms with Gasteiger partial charge in [-0.05, 0) is 36.0 Å². The van der Waals surface area contributed by atoms with Crippen molar-refractivity contribution >= 4 is 50.3 Å². The summed E-state index contributed by atoms with van der Waals surface area (Å²) >= 11 is 2.57. The molecule has 0 aliphatic carbocycles. The second-order valence-corrected chi connectivity index (χ2v) is 9.84. The molecule has 4 rings (SSSR count). The van der Waals surface area contributed by atoms with Gasteiger partial charge in [0.2, 0.25) is 0 Å². The van der Waals surface area contributed by atoms with Crippen LogP contribution in [0, 0.1) is 0 Å². The van der Waals surface area contributed by atoms with E-state index in [0.717, 1.165) is 27.4 Å². The Labute approximate surface area is 178 Å². The molecular formula is C20H17N3O3S3. The highest BCUT2D eigenvalue weighted by Gasteiger charge is 2.39. The van der Waals surface area contributed by atoms with Crippen molar-refractivity contribution in [2.24, 2.45) is 4.40 Å². The Hall–Kier alpha value is -2.49. The van der Waals surface area contributed by atoms with E-state index in [1.54, 1.807) is 24.3 Å². The standard InChI is InChI=1S/C20H17N3O3S3/c1-3-13-23-18(24)17(19-22(2)15-11-7-8-12-16(15)27-19)28-20(23)21-29(25,26)14-9-5-4-6-10-14/h3-12H,1,13H2,2H3. The minimum Gasteiger partial charge on any atom is -0.337 e. The number of carbonyl (C=O) groups is 1. The van der Waals surface area contributed by atoms with Crippen LogP contribution in [0.5, 0.6) is 0 Å². The van der Waals surface area contributed by atoms with Crippen molar-refractivity contribution in [3.05, 3.63) is 77.2 Å². The van der Waals surface area contributed by atoms with Gasteiger partial charge in [-0.3, -0.25) is 9.69 Å². The van der Waals surface area contributed by atoms with Crippen molar-refractivity contribution in [2.75, 3.05) is 18.5 Å². The van der Waals surface area contributed by atoms with Crippen LogP contribution in [0.1, 0.15) is 0 Å². The predicted octanol–water partition coefficient (Wildman–Crippen LogP) is 3.90. The smallest absolute Gasteiger partial charge is 0.284 e. The maximum Gasteiger partial charge on any atom is 0.284 e. The van der Waals surface area contributed by atoms with Crippen molar-refractivity contribution in [1.82, 2.24) is 4.90 Å². The quantitative estimate of drug-likeness (QED) is 0.527. The van der Waals surface area contributed by atoms with Gasteiger partial charge in [0, 0.05) is 18.5 Å². The van der Waals surface area contributed by atoms with Crippen LogP contribution in [0.3, 0.4) is 0 Å². The maximum absolute atomic E-state index is 13.1. The first kappa shape index (κ1) is 19.8. The molecule has 6 nitrogen and oxygen atoms in total. The monoisotopic (exact) mass is 443 g/mol. The fourth-order valence-corrected chi connectivity index (χ4v) is 6.50.